The first-order valence-electron chi connectivity index (χ1n) is 7.65. The fourth-order valence-corrected chi connectivity index (χ4v) is 3.83. The van der Waals surface area contributed by atoms with Gasteiger partial charge in [-0.15, -0.1) is 22.7 Å². The number of aromatic nitrogens is 1. The zero-order valence-corrected chi connectivity index (χ0v) is 14.6. The number of thiophene rings is 1. The van der Waals surface area contributed by atoms with Crippen molar-refractivity contribution in [3.8, 4) is 0 Å². The standard InChI is InChI=1S/C18H17FN2OS2/c19-14-5-3-13(4-6-14)17(10-16-2-1-9-24-16)18(22)20-8-7-15-11-23-12-21-15/h1-6,9,11-12,17H,7-8,10H2,(H,20,22). The van der Waals surface area contributed by atoms with Crippen molar-refractivity contribution < 1.29 is 9.18 Å². The second-order valence-electron chi connectivity index (χ2n) is 5.41. The molecule has 6 heteroatoms. The van der Waals surface area contributed by atoms with E-state index in [-0.39, 0.29) is 17.6 Å². The topological polar surface area (TPSA) is 42.0 Å². The molecule has 1 N–H and O–H groups in total. The Morgan fingerprint density at radius 1 is 1.25 bits per heavy atom. The molecule has 124 valence electrons. The van der Waals surface area contributed by atoms with Crippen LogP contribution in [0, 0.1) is 5.82 Å². The van der Waals surface area contributed by atoms with E-state index in [1.165, 1.54) is 12.1 Å². The molecule has 2 aromatic heterocycles. The number of halogens is 1. The van der Waals surface area contributed by atoms with Gasteiger partial charge in [-0.1, -0.05) is 18.2 Å². The molecule has 1 atom stereocenters. The molecular weight excluding hydrogens is 343 g/mol. The maximum Gasteiger partial charge on any atom is 0.227 e. The third-order valence-corrected chi connectivity index (χ3v) is 5.27. The van der Waals surface area contributed by atoms with Gasteiger partial charge in [0.15, 0.2) is 0 Å². The minimum absolute atomic E-state index is 0.0368. The van der Waals surface area contributed by atoms with Gasteiger partial charge in [0.1, 0.15) is 5.82 Å². The number of thiazole rings is 1. The van der Waals surface area contributed by atoms with E-state index in [0.717, 1.165) is 16.1 Å². The molecule has 1 amide bonds. The van der Waals surface area contributed by atoms with E-state index in [9.17, 15) is 9.18 Å². The first-order valence-corrected chi connectivity index (χ1v) is 9.47. The number of nitrogens with zero attached hydrogens (tertiary/aromatic N) is 1. The average Bonchev–Trinajstić information content (AvgIpc) is 3.27. The van der Waals surface area contributed by atoms with Gasteiger partial charge in [-0.05, 0) is 35.6 Å². The molecule has 0 aliphatic rings. The molecule has 0 bridgehead atoms. The van der Waals surface area contributed by atoms with Crippen LogP contribution in [0.2, 0.25) is 0 Å². The molecule has 2 heterocycles. The molecule has 0 saturated heterocycles. The Morgan fingerprint density at radius 3 is 2.75 bits per heavy atom. The number of nitrogens with one attached hydrogen (secondary N) is 1. The SMILES string of the molecule is O=C(NCCc1cscn1)C(Cc1cccs1)c1ccc(F)cc1. The predicted molar refractivity (Wildman–Crippen MR) is 96.0 cm³/mol. The average molecular weight is 360 g/mol. The van der Waals surface area contributed by atoms with E-state index in [1.54, 1.807) is 40.3 Å². The number of rotatable bonds is 7. The second-order valence-corrected chi connectivity index (χ2v) is 7.16. The van der Waals surface area contributed by atoms with Crippen LogP contribution >= 0.6 is 22.7 Å². The van der Waals surface area contributed by atoms with Crippen LogP contribution in [-0.4, -0.2) is 17.4 Å². The van der Waals surface area contributed by atoms with Gasteiger partial charge < -0.3 is 5.32 Å². The first kappa shape index (κ1) is 16.8. The second kappa shape index (κ2) is 8.17. The summed E-state index contributed by atoms with van der Waals surface area (Å²) in [6, 6.07) is 10.2. The molecule has 0 fully saturated rings. The van der Waals surface area contributed by atoms with Gasteiger partial charge in [-0.3, -0.25) is 4.79 Å². The summed E-state index contributed by atoms with van der Waals surface area (Å²) in [5, 5.41) is 6.96. The number of amides is 1. The normalized spacial score (nSPS) is 12.0. The molecule has 3 nitrogen and oxygen atoms in total. The van der Waals surface area contributed by atoms with Gasteiger partial charge in [-0.25, -0.2) is 9.37 Å². The molecular formula is C18H17FN2OS2. The lowest BCUT2D eigenvalue weighted by atomic mass is 9.94. The summed E-state index contributed by atoms with van der Waals surface area (Å²) < 4.78 is 13.2. The van der Waals surface area contributed by atoms with Crippen LogP contribution in [0.1, 0.15) is 22.1 Å². The molecule has 1 unspecified atom stereocenters. The van der Waals surface area contributed by atoms with Crippen molar-refractivity contribution in [1.29, 1.82) is 0 Å². The van der Waals surface area contributed by atoms with Crippen molar-refractivity contribution in [3.63, 3.8) is 0 Å². The zero-order valence-electron chi connectivity index (χ0n) is 12.9. The fraction of sp³-hybridized carbons (Fsp3) is 0.222. The van der Waals surface area contributed by atoms with Gasteiger partial charge in [0.25, 0.3) is 0 Å². The van der Waals surface area contributed by atoms with Gasteiger partial charge >= 0.3 is 0 Å². The maximum absolute atomic E-state index is 13.2. The fourth-order valence-electron chi connectivity index (χ4n) is 2.48. The van der Waals surface area contributed by atoms with Crippen LogP contribution in [0.4, 0.5) is 4.39 Å². The van der Waals surface area contributed by atoms with Crippen LogP contribution in [-0.2, 0) is 17.6 Å². The number of hydrogen-bond acceptors (Lipinski definition) is 4. The molecule has 0 aliphatic carbocycles. The van der Waals surface area contributed by atoms with Crippen LogP contribution in [0.25, 0.3) is 0 Å². The third-order valence-electron chi connectivity index (χ3n) is 3.74. The van der Waals surface area contributed by atoms with Crippen LogP contribution < -0.4 is 5.32 Å². The highest BCUT2D eigenvalue weighted by Gasteiger charge is 2.21. The van der Waals surface area contributed by atoms with Crippen molar-refractivity contribution in [2.24, 2.45) is 0 Å². The zero-order chi connectivity index (χ0) is 16.8. The van der Waals surface area contributed by atoms with Crippen LogP contribution in [0.3, 0.4) is 0 Å². The summed E-state index contributed by atoms with van der Waals surface area (Å²) >= 11 is 3.17. The highest BCUT2D eigenvalue weighted by molar-refractivity contribution is 7.09. The number of benzene rings is 1. The molecule has 3 aromatic rings. The van der Waals surface area contributed by atoms with E-state index >= 15 is 0 Å². The number of carbonyl (C=O) groups excluding carboxylic acids is 1. The van der Waals surface area contributed by atoms with E-state index < -0.39 is 0 Å². The summed E-state index contributed by atoms with van der Waals surface area (Å²) in [5.41, 5.74) is 3.60. The lowest BCUT2D eigenvalue weighted by Crippen LogP contribution is -2.32. The molecule has 24 heavy (non-hydrogen) atoms. The Morgan fingerprint density at radius 2 is 2.08 bits per heavy atom. The Labute approximate surface area is 148 Å². The van der Waals surface area contributed by atoms with Gasteiger partial charge in [0.05, 0.1) is 17.1 Å². The lowest BCUT2D eigenvalue weighted by Gasteiger charge is -2.16. The number of carbonyl (C=O) groups is 1. The van der Waals surface area contributed by atoms with Gasteiger partial charge in [0, 0.05) is 23.2 Å². The van der Waals surface area contributed by atoms with E-state index in [1.807, 2.05) is 22.9 Å². The minimum atomic E-state index is -0.320. The van der Waals surface area contributed by atoms with E-state index in [0.29, 0.717) is 19.4 Å². The molecule has 0 aliphatic heterocycles. The molecule has 3 rings (SSSR count). The van der Waals surface area contributed by atoms with Crippen molar-refractivity contribution in [3.05, 3.63) is 74.6 Å². The summed E-state index contributed by atoms with van der Waals surface area (Å²) in [4.78, 5) is 18.0. The quantitative estimate of drug-likeness (QED) is 0.691. The Balaban J connectivity index is 1.68. The van der Waals surface area contributed by atoms with Gasteiger partial charge in [-0.2, -0.15) is 0 Å². The summed E-state index contributed by atoms with van der Waals surface area (Å²) in [6.07, 6.45) is 1.33. The summed E-state index contributed by atoms with van der Waals surface area (Å²) in [6.45, 7) is 0.546. The van der Waals surface area contributed by atoms with Crippen molar-refractivity contribution in [1.82, 2.24) is 10.3 Å². The Kier molecular flexibility index (Phi) is 5.72. The van der Waals surface area contributed by atoms with Crippen LogP contribution in [0.5, 0.6) is 0 Å². The summed E-state index contributed by atoms with van der Waals surface area (Å²) in [7, 11) is 0. The third kappa shape index (κ3) is 4.49. The monoisotopic (exact) mass is 360 g/mol. The largest absolute Gasteiger partial charge is 0.355 e. The lowest BCUT2D eigenvalue weighted by molar-refractivity contribution is -0.122. The first-order chi connectivity index (χ1) is 11.7. The predicted octanol–water partition coefficient (Wildman–Crippen LogP) is 4.03. The van der Waals surface area contributed by atoms with Crippen molar-refractivity contribution in [2.75, 3.05) is 6.54 Å². The highest BCUT2D eigenvalue weighted by atomic mass is 32.1. The molecule has 0 spiro atoms. The highest BCUT2D eigenvalue weighted by Crippen LogP contribution is 2.24. The minimum Gasteiger partial charge on any atom is -0.355 e. The molecule has 1 aromatic carbocycles. The number of hydrogen-bond donors (Lipinski definition) is 1. The smallest absolute Gasteiger partial charge is 0.227 e. The Hall–Kier alpha value is -2.05. The van der Waals surface area contributed by atoms with Crippen LogP contribution in [0.15, 0.2) is 52.7 Å². The molecule has 0 radical (unpaired) electrons. The summed E-state index contributed by atoms with van der Waals surface area (Å²) in [5.74, 6) is -0.650. The Bertz CT molecular complexity index is 755. The van der Waals surface area contributed by atoms with Gasteiger partial charge in [0.2, 0.25) is 5.91 Å². The van der Waals surface area contributed by atoms with E-state index in [2.05, 4.69) is 10.3 Å². The van der Waals surface area contributed by atoms with E-state index in [4.69, 9.17) is 0 Å². The van der Waals surface area contributed by atoms with Crippen molar-refractivity contribution in [2.45, 2.75) is 18.8 Å². The maximum atomic E-state index is 13.2. The van der Waals surface area contributed by atoms with Crippen molar-refractivity contribution >= 4 is 28.6 Å². The molecule has 0 saturated carbocycles.